The lowest BCUT2D eigenvalue weighted by atomic mass is 10.1. The number of carbonyl (C=O) groups is 2. The van der Waals surface area contributed by atoms with Crippen LogP contribution in [-0.2, 0) is 17.0 Å². The first-order valence-electron chi connectivity index (χ1n) is 12.3. The largest absolute Gasteiger partial charge is 0.431 e. The van der Waals surface area contributed by atoms with Crippen molar-refractivity contribution in [3.8, 4) is 0 Å². The molecule has 5 rings (SSSR count). The van der Waals surface area contributed by atoms with Gasteiger partial charge in [0.2, 0.25) is 5.91 Å². The number of carbonyl (C=O) groups excluding carboxylic acids is 2. The Morgan fingerprint density at radius 2 is 1.53 bits per heavy atom. The molecule has 0 spiro atoms. The fourth-order valence-electron chi connectivity index (χ4n) is 4.48. The van der Waals surface area contributed by atoms with Crippen LogP contribution in [0.4, 0.5) is 0 Å². The highest BCUT2D eigenvalue weighted by Crippen LogP contribution is 2.28. The van der Waals surface area contributed by atoms with Crippen molar-refractivity contribution in [3.05, 3.63) is 95.6 Å². The third-order valence-corrected chi connectivity index (χ3v) is 7.37. The van der Waals surface area contributed by atoms with Crippen molar-refractivity contribution in [1.82, 2.24) is 14.8 Å². The van der Waals surface area contributed by atoms with Gasteiger partial charge in [-0.15, -0.1) is 0 Å². The molecule has 1 aliphatic rings. The molecule has 1 aromatic heterocycles. The van der Waals surface area contributed by atoms with E-state index in [1.54, 1.807) is 0 Å². The summed E-state index contributed by atoms with van der Waals surface area (Å²) in [6, 6.07) is 25.6. The summed E-state index contributed by atoms with van der Waals surface area (Å²) in [5.74, 6) is 0.780. The normalized spacial score (nSPS) is 13.8. The van der Waals surface area contributed by atoms with E-state index in [9.17, 15) is 9.59 Å². The molecule has 0 unspecified atom stereocenters. The van der Waals surface area contributed by atoms with E-state index < -0.39 is 0 Å². The highest BCUT2D eigenvalue weighted by molar-refractivity contribution is 7.98. The molecule has 0 saturated carbocycles. The molecule has 1 aliphatic heterocycles. The maximum Gasteiger partial charge on any atom is 0.257 e. The van der Waals surface area contributed by atoms with Gasteiger partial charge in [0.25, 0.3) is 11.1 Å². The first-order chi connectivity index (χ1) is 17.7. The zero-order valence-electron chi connectivity index (χ0n) is 20.1. The fraction of sp³-hybridized carbons (Fsp3) is 0.276. The molecule has 0 bridgehead atoms. The van der Waals surface area contributed by atoms with Crippen molar-refractivity contribution >= 4 is 34.7 Å². The molecule has 0 N–H and O–H groups in total. The molecular formula is C29H29N3O3S. The summed E-state index contributed by atoms with van der Waals surface area (Å²) in [5, 5.41) is 0.595. The SMILES string of the molecule is O=C(CCCc1ccccc1)N1CCN(C(=O)c2ccccc2CSc2nc3ccccc3o2)CC1. The average Bonchev–Trinajstić information content (AvgIpc) is 3.35. The predicted octanol–water partition coefficient (Wildman–Crippen LogP) is 5.43. The van der Waals surface area contributed by atoms with Crippen molar-refractivity contribution in [2.24, 2.45) is 0 Å². The lowest BCUT2D eigenvalue weighted by molar-refractivity contribution is -0.132. The van der Waals surface area contributed by atoms with Crippen LogP contribution in [0.1, 0.15) is 34.3 Å². The van der Waals surface area contributed by atoms with Crippen molar-refractivity contribution in [2.45, 2.75) is 30.2 Å². The summed E-state index contributed by atoms with van der Waals surface area (Å²) in [4.78, 5) is 34.3. The number of rotatable bonds is 8. The molecule has 0 aliphatic carbocycles. The van der Waals surface area contributed by atoms with Gasteiger partial charge in [0.1, 0.15) is 5.52 Å². The van der Waals surface area contributed by atoms with Crippen LogP contribution in [0.3, 0.4) is 0 Å². The molecule has 0 atom stereocenters. The van der Waals surface area contributed by atoms with Gasteiger partial charge < -0.3 is 14.2 Å². The Bertz CT molecular complexity index is 1300. The van der Waals surface area contributed by atoms with Crippen LogP contribution in [0.15, 0.2) is 88.5 Å². The lowest BCUT2D eigenvalue weighted by Gasteiger charge is -2.35. The van der Waals surface area contributed by atoms with Gasteiger partial charge >= 0.3 is 0 Å². The Balaban J connectivity index is 1.13. The molecule has 2 amide bonds. The van der Waals surface area contributed by atoms with E-state index in [-0.39, 0.29) is 11.8 Å². The van der Waals surface area contributed by atoms with Crippen LogP contribution in [-0.4, -0.2) is 52.8 Å². The van der Waals surface area contributed by atoms with Gasteiger partial charge in [-0.2, -0.15) is 0 Å². The smallest absolute Gasteiger partial charge is 0.257 e. The second-order valence-corrected chi connectivity index (χ2v) is 9.83. The second-order valence-electron chi connectivity index (χ2n) is 8.91. The number of hydrogen-bond donors (Lipinski definition) is 0. The maximum atomic E-state index is 13.4. The van der Waals surface area contributed by atoms with Crippen LogP contribution >= 0.6 is 11.8 Å². The van der Waals surface area contributed by atoms with Gasteiger partial charge in [-0.05, 0) is 42.2 Å². The average molecular weight is 500 g/mol. The minimum Gasteiger partial charge on any atom is -0.431 e. The number of piperazine rings is 1. The Labute approximate surface area is 215 Å². The van der Waals surface area contributed by atoms with E-state index in [1.807, 2.05) is 76.5 Å². The van der Waals surface area contributed by atoms with Crippen molar-refractivity contribution in [3.63, 3.8) is 0 Å². The number of fused-ring (bicyclic) bond motifs is 1. The van der Waals surface area contributed by atoms with Crippen molar-refractivity contribution in [1.29, 1.82) is 0 Å². The highest BCUT2D eigenvalue weighted by Gasteiger charge is 2.26. The van der Waals surface area contributed by atoms with E-state index in [0.29, 0.717) is 49.1 Å². The molecule has 184 valence electrons. The standard InChI is InChI=1S/C29H29N3O3S/c33-27(16-8-11-22-9-2-1-3-10-22)31-17-19-32(20-18-31)28(34)24-13-5-4-12-23(24)21-36-29-30-25-14-6-7-15-26(25)35-29/h1-7,9-10,12-15H,8,11,16-21H2. The summed E-state index contributed by atoms with van der Waals surface area (Å²) < 4.78 is 5.81. The van der Waals surface area contributed by atoms with Gasteiger partial charge in [-0.1, -0.05) is 72.4 Å². The highest BCUT2D eigenvalue weighted by atomic mass is 32.2. The van der Waals surface area contributed by atoms with E-state index in [0.717, 1.165) is 29.5 Å². The van der Waals surface area contributed by atoms with Crippen molar-refractivity contribution < 1.29 is 14.0 Å². The zero-order chi connectivity index (χ0) is 24.7. The number of benzene rings is 3. The molecule has 4 aromatic rings. The van der Waals surface area contributed by atoms with E-state index >= 15 is 0 Å². The number of aryl methyl sites for hydroxylation is 1. The molecule has 2 heterocycles. The molecule has 6 nitrogen and oxygen atoms in total. The summed E-state index contributed by atoms with van der Waals surface area (Å²) in [6.45, 7) is 2.26. The van der Waals surface area contributed by atoms with Crippen LogP contribution in [0.5, 0.6) is 0 Å². The number of thioether (sulfide) groups is 1. The lowest BCUT2D eigenvalue weighted by Crippen LogP contribution is -2.50. The molecule has 1 fully saturated rings. The quantitative estimate of drug-likeness (QED) is 0.303. The van der Waals surface area contributed by atoms with E-state index in [4.69, 9.17) is 4.42 Å². The van der Waals surface area contributed by atoms with Gasteiger partial charge in [0, 0.05) is 43.9 Å². The minimum absolute atomic E-state index is 0.0138. The molecule has 36 heavy (non-hydrogen) atoms. The molecule has 1 saturated heterocycles. The third-order valence-electron chi connectivity index (χ3n) is 6.49. The second kappa shape index (κ2) is 11.4. The Morgan fingerprint density at radius 1 is 0.833 bits per heavy atom. The zero-order valence-corrected chi connectivity index (χ0v) is 21.0. The first-order valence-corrected chi connectivity index (χ1v) is 13.3. The van der Waals surface area contributed by atoms with E-state index in [1.165, 1.54) is 17.3 Å². The van der Waals surface area contributed by atoms with Crippen molar-refractivity contribution in [2.75, 3.05) is 26.2 Å². The van der Waals surface area contributed by atoms with Gasteiger partial charge in [-0.25, -0.2) is 4.98 Å². The van der Waals surface area contributed by atoms with Gasteiger partial charge in [0.15, 0.2) is 5.58 Å². The van der Waals surface area contributed by atoms with Gasteiger partial charge in [-0.3, -0.25) is 9.59 Å². The molecule has 3 aromatic carbocycles. The van der Waals surface area contributed by atoms with E-state index in [2.05, 4.69) is 17.1 Å². The van der Waals surface area contributed by atoms with Gasteiger partial charge in [0.05, 0.1) is 0 Å². The number of para-hydroxylation sites is 2. The fourth-order valence-corrected chi connectivity index (χ4v) is 5.33. The topological polar surface area (TPSA) is 66.7 Å². The third kappa shape index (κ3) is 5.79. The monoisotopic (exact) mass is 499 g/mol. The summed E-state index contributed by atoms with van der Waals surface area (Å²) >= 11 is 1.49. The minimum atomic E-state index is 0.0138. The number of amides is 2. The number of oxazole rings is 1. The number of hydrogen-bond acceptors (Lipinski definition) is 5. The molecular weight excluding hydrogens is 470 g/mol. The summed E-state index contributed by atoms with van der Waals surface area (Å²) in [7, 11) is 0. The predicted molar refractivity (Wildman–Crippen MR) is 142 cm³/mol. The molecule has 7 heteroatoms. The van der Waals surface area contributed by atoms with Crippen LogP contribution in [0, 0.1) is 0 Å². The van der Waals surface area contributed by atoms with Crippen LogP contribution < -0.4 is 0 Å². The first kappa shape index (κ1) is 24.1. The molecule has 0 radical (unpaired) electrons. The Hall–Kier alpha value is -3.58. The Morgan fingerprint density at radius 3 is 2.33 bits per heavy atom. The maximum absolute atomic E-state index is 13.4. The Kier molecular flexibility index (Phi) is 7.67. The number of nitrogens with zero attached hydrogens (tertiary/aromatic N) is 3. The number of aromatic nitrogens is 1. The van der Waals surface area contributed by atoms with Crippen LogP contribution in [0.25, 0.3) is 11.1 Å². The van der Waals surface area contributed by atoms with Crippen LogP contribution in [0.2, 0.25) is 0 Å². The summed E-state index contributed by atoms with van der Waals surface area (Å²) in [6.07, 6.45) is 2.29. The summed E-state index contributed by atoms with van der Waals surface area (Å²) in [5.41, 5.74) is 4.50.